The Kier molecular flexibility index (Phi) is 10.0. The third-order valence-corrected chi connectivity index (χ3v) is 10.2. The highest BCUT2D eigenvalue weighted by molar-refractivity contribution is 7.99. The van der Waals surface area contributed by atoms with Gasteiger partial charge in [0.2, 0.25) is 10.0 Å². The molecule has 4 aromatic carbocycles. The molecule has 6 rings (SSSR count). The molecule has 3 atom stereocenters. The first-order valence-electron chi connectivity index (χ1n) is 14.8. The van der Waals surface area contributed by atoms with Crippen LogP contribution in [0.25, 0.3) is 11.1 Å². The smallest absolute Gasteiger partial charge is 0.240 e. The lowest BCUT2D eigenvalue weighted by atomic mass is 9.98. The van der Waals surface area contributed by atoms with Gasteiger partial charge >= 0.3 is 0 Å². The van der Waals surface area contributed by atoms with Crippen LogP contribution in [0.4, 0.5) is 0 Å². The van der Waals surface area contributed by atoms with Crippen molar-refractivity contribution in [3.8, 4) is 11.1 Å². The van der Waals surface area contributed by atoms with Gasteiger partial charge in [-0.25, -0.2) is 18.1 Å². The summed E-state index contributed by atoms with van der Waals surface area (Å²) in [6, 6.07) is 37.9. The van der Waals surface area contributed by atoms with E-state index in [1.807, 2.05) is 91.0 Å². The Hall–Kier alpha value is -3.83. The van der Waals surface area contributed by atoms with Crippen molar-refractivity contribution in [1.82, 2.24) is 9.71 Å². The Labute approximate surface area is 268 Å². The van der Waals surface area contributed by atoms with Crippen LogP contribution in [0.5, 0.6) is 0 Å². The van der Waals surface area contributed by atoms with Crippen LogP contribution in [0.15, 0.2) is 137 Å². The first-order chi connectivity index (χ1) is 22.0. The first-order valence-corrected chi connectivity index (χ1v) is 17.2. The van der Waals surface area contributed by atoms with E-state index in [1.165, 1.54) is 0 Å². The number of pyridine rings is 1. The molecule has 1 saturated heterocycles. The Bertz CT molecular complexity index is 1790. The van der Waals surface area contributed by atoms with Gasteiger partial charge in [0.15, 0.2) is 6.29 Å². The van der Waals surface area contributed by atoms with Crippen LogP contribution in [-0.4, -0.2) is 30.4 Å². The molecule has 0 aliphatic carbocycles. The minimum absolute atomic E-state index is 0.00470. The summed E-state index contributed by atoms with van der Waals surface area (Å²) in [7, 11) is -3.64. The largest absolute Gasteiger partial charge is 0.392 e. The van der Waals surface area contributed by atoms with E-state index in [-0.39, 0.29) is 30.3 Å². The summed E-state index contributed by atoms with van der Waals surface area (Å²) in [5.74, 6) is 0.729. The molecule has 1 aliphatic rings. The highest BCUT2D eigenvalue weighted by Gasteiger charge is 2.32. The molecule has 5 aromatic rings. The molecular weight excluding hydrogens is 605 g/mol. The average molecular weight is 639 g/mol. The molecule has 1 aliphatic heterocycles. The van der Waals surface area contributed by atoms with Crippen molar-refractivity contribution in [3.63, 3.8) is 0 Å². The zero-order valence-electron chi connectivity index (χ0n) is 24.5. The third kappa shape index (κ3) is 7.88. The summed E-state index contributed by atoms with van der Waals surface area (Å²) in [4.78, 5) is 4.67. The predicted molar refractivity (Wildman–Crippen MR) is 176 cm³/mol. The summed E-state index contributed by atoms with van der Waals surface area (Å²) in [5.41, 5.74) is 5.56. The number of rotatable bonds is 11. The number of nitrogens with zero attached hydrogens (tertiary/aromatic N) is 1. The Morgan fingerprint density at radius 1 is 0.800 bits per heavy atom. The van der Waals surface area contributed by atoms with E-state index in [0.717, 1.165) is 44.2 Å². The predicted octanol–water partition coefficient (Wildman–Crippen LogP) is 7.06. The van der Waals surface area contributed by atoms with Gasteiger partial charge in [-0.1, -0.05) is 97.1 Å². The molecule has 1 fully saturated rings. The van der Waals surface area contributed by atoms with Crippen LogP contribution in [0.3, 0.4) is 0 Å². The van der Waals surface area contributed by atoms with E-state index in [0.29, 0.717) is 6.42 Å². The van der Waals surface area contributed by atoms with E-state index in [4.69, 9.17) is 9.47 Å². The second-order valence-electron chi connectivity index (χ2n) is 10.7. The van der Waals surface area contributed by atoms with Crippen molar-refractivity contribution in [1.29, 1.82) is 0 Å². The summed E-state index contributed by atoms with van der Waals surface area (Å²) in [6.07, 6.45) is 1.66. The monoisotopic (exact) mass is 638 g/mol. The number of hydrogen-bond acceptors (Lipinski definition) is 7. The third-order valence-electron chi connectivity index (χ3n) is 7.69. The minimum Gasteiger partial charge on any atom is -0.392 e. The molecule has 45 heavy (non-hydrogen) atoms. The molecule has 0 amide bonds. The van der Waals surface area contributed by atoms with E-state index in [9.17, 15) is 13.5 Å². The Morgan fingerprint density at radius 3 is 2.24 bits per heavy atom. The maximum absolute atomic E-state index is 12.8. The quantitative estimate of drug-likeness (QED) is 0.150. The molecule has 7 nitrogen and oxygen atoms in total. The molecule has 0 bridgehead atoms. The van der Waals surface area contributed by atoms with Gasteiger partial charge in [0.05, 0.1) is 28.7 Å². The fourth-order valence-corrected chi connectivity index (χ4v) is 7.17. The maximum atomic E-state index is 12.8. The molecule has 2 heterocycles. The lowest BCUT2D eigenvalue weighted by Crippen LogP contribution is -2.31. The highest BCUT2D eigenvalue weighted by atomic mass is 32.2. The van der Waals surface area contributed by atoms with E-state index in [2.05, 4.69) is 9.71 Å². The molecule has 0 saturated carbocycles. The van der Waals surface area contributed by atoms with Crippen molar-refractivity contribution < 1.29 is 23.0 Å². The minimum atomic E-state index is -3.64. The number of nitrogens with one attached hydrogen (secondary N) is 1. The van der Waals surface area contributed by atoms with Crippen molar-refractivity contribution in [2.45, 2.75) is 48.0 Å². The van der Waals surface area contributed by atoms with Crippen molar-refractivity contribution in [3.05, 3.63) is 150 Å². The average Bonchev–Trinajstić information content (AvgIpc) is 3.11. The highest BCUT2D eigenvalue weighted by Crippen LogP contribution is 2.40. The summed E-state index contributed by atoms with van der Waals surface area (Å²) < 4.78 is 41.4. The summed E-state index contributed by atoms with van der Waals surface area (Å²) in [5, 5.41) is 10.4. The number of aromatic nitrogens is 1. The van der Waals surface area contributed by atoms with Crippen LogP contribution in [0, 0.1) is 0 Å². The molecule has 9 heteroatoms. The summed E-state index contributed by atoms with van der Waals surface area (Å²) in [6.45, 7) is 0.158. The molecular formula is C36H34N2O5S2. The number of hydrogen-bond donors (Lipinski definition) is 2. The fourth-order valence-electron chi connectivity index (χ4n) is 5.27. The molecule has 0 spiro atoms. The van der Waals surface area contributed by atoms with Crippen LogP contribution in [0.1, 0.15) is 41.1 Å². The van der Waals surface area contributed by atoms with Gasteiger partial charge in [-0.2, -0.15) is 0 Å². The van der Waals surface area contributed by atoms with E-state index in [1.54, 1.807) is 48.3 Å². The fraction of sp³-hybridized carbons (Fsp3) is 0.194. The van der Waals surface area contributed by atoms with Crippen LogP contribution >= 0.6 is 11.8 Å². The van der Waals surface area contributed by atoms with Gasteiger partial charge in [-0.15, -0.1) is 11.8 Å². The van der Waals surface area contributed by atoms with Gasteiger partial charge in [0.1, 0.15) is 0 Å². The second kappa shape index (κ2) is 14.5. The molecule has 2 N–H and O–H groups in total. The van der Waals surface area contributed by atoms with Gasteiger partial charge in [0, 0.05) is 30.5 Å². The van der Waals surface area contributed by atoms with Gasteiger partial charge in [-0.05, 0) is 52.1 Å². The SMILES string of the molecule is O=S(=O)(NCc1ccccc1-c1ccc([C@@H]2O[C@H](CSc3ccccn3)C[C@H](c3ccc(CO)cc3)O2)cc1)c1ccccc1. The van der Waals surface area contributed by atoms with Gasteiger partial charge < -0.3 is 14.6 Å². The van der Waals surface area contributed by atoms with Crippen molar-refractivity contribution in [2.75, 3.05) is 5.75 Å². The number of ether oxygens (including phenoxy) is 2. The summed E-state index contributed by atoms with van der Waals surface area (Å²) >= 11 is 1.66. The molecule has 230 valence electrons. The molecule has 1 aromatic heterocycles. The van der Waals surface area contributed by atoms with Crippen LogP contribution < -0.4 is 4.72 Å². The lowest BCUT2D eigenvalue weighted by molar-refractivity contribution is -0.245. The topological polar surface area (TPSA) is 97.8 Å². The Balaban J connectivity index is 1.20. The first kappa shape index (κ1) is 31.2. The lowest BCUT2D eigenvalue weighted by Gasteiger charge is -2.36. The standard InChI is InChI=1S/C36H34N2O5S2/c39-24-26-13-15-28(16-14-26)34-22-31(25-44-35-12-6-7-21-37-35)42-36(43-34)29-19-17-27(18-20-29)33-11-5-4-8-30(33)23-38-45(40,41)32-9-2-1-3-10-32/h1-21,31,34,36,38-39H,22-25H2/t31-,34+,36+/m0/s1. The second-order valence-corrected chi connectivity index (χ2v) is 13.6. The molecule has 0 radical (unpaired) electrons. The van der Waals surface area contributed by atoms with Crippen molar-refractivity contribution >= 4 is 21.8 Å². The number of thioether (sulfide) groups is 1. The van der Waals surface area contributed by atoms with E-state index < -0.39 is 16.3 Å². The van der Waals surface area contributed by atoms with Gasteiger partial charge in [0.25, 0.3) is 0 Å². The van der Waals surface area contributed by atoms with Crippen molar-refractivity contribution in [2.24, 2.45) is 0 Å². The van der Waals surface area contributed by atoms with Gasteiger partial charge in [-0.3, -0.25) is 0 Å². The Morgan fingerprint density at radius 2 is 1.51 bits per heavy atom. The number of aliphatic hydroxyl groups excluding tert-OH is 1. The molecule has 0 unspecified atom stereocenters. The number of sulfonamides is 1. The van der Waals surface area contributed by atoms with Crippen LogP contribution in [0.2, 0.25) is 0 Å². The zero-order valence-corrected chi connectivity index (χ0v) is 26.2. The van der Waals surface area contributed by atoms with Crippen LogP contribution in [-0.2, 0) is 32.6 Å². The number of aliphatic hydroxyl groups is 1. The maximum Gasteiger partial charge on any atom is 0.240 e. The zero-order chi connectivity index (χ0) is 31.1. The normalized spacial score (nSPS) is 18.5. The number of benzene rings is 4. The van der Waals surface area contributed by atoms with E-state index >= 15 is 0 Å².